The second-order valence-electron chi connectivity index (χ2n) is 4.07. The molecule has 0 saturated heterocycles. The molecule has 100 valence electrons. The van der Waals surface area contributed by atoms with E-state index in [4.69, 9.17) is 15.6 Å². The van der Waals surface area contributed by atoms with Crippen molar-refractivity contribution in [2.24, 2.45) is 0 Å². The molecule has 18 heavy (non-hydrogen) atoms. The molecule has 0 radical (unpaired) electrons. The van der Waals surface area contributed by atoms with E-state index < -0.39 is 12.0 Å². The maximum Gasteiger partial charge on any atom is 0.323 e. The van der Waals surface area contributed by atoms with E-state index in [1.165, 1.54) is 0 Å². The second kappa shape index (κ2) is 6.98. The van der Waals surface area contributed by atoms with Crippen molar-refractivity contribution in [3.8, 4) is 0 Å². The zero-order chi connectivity index (χ0) is 13.5. The number of hydrogen-bond acceptors (Lipinski definition) is 4. The third-order valence-electron chi connectivity index (χ3n) is 2.76. The van der Waals surface area contributed by atoms with Crippen molar-refractivity contribution in [1.29, 1.82) is 0 Å². The summed E-state index contributed by atoms with van der Waals surface area (Å²) in [7, 11) is 0. The molecule has 1 atom stereocenters. The van der Waals surface area contributed by atoms with E-state index in [2.05, 4.69) is 5.32 Å². The van der Waals surface area contributed by atoms with Gasteiger partial charge >= 0.3 is 5.97 Å². The van der Waals surface area contributed by atoms with Gasteiger partial charge in [-0.1, -0.05) is 12.1 Å². The van der Waals surface area contributed by atoms with Crippen LogP contribution in [0.4, 0.5) is 5.69 Å². The number of carboxylic acid groups (broad SMARTS) is 1. The van der Waals surface area contributed by atoms with E-state index in [1.807, 2.05) is 32.0 Å². The van der Waals surface area contributed by atoms with Crippen LogP contribution < -0.4 is 11.1 Å². The molecule has 0 fully saturated rings. The van der Waals surface area contributed by atoms with Gasteiger partial charge in [-0.2, -0.15) is 0 Å². The number of hydrogen-bond donors (Lipinski definition) is 3. The quantitative estimate of drug-likeness (QED) is 0.634. The van der Waals surface area contributed by atoms with Gasteiger partial charge in [0.05, 0.1) is 6.61 Å². The Morgan fingerprint density at radius 1 is 1.56 bits per heavy atom. The molecule has 0 aromatic heterocycles. The number of aryl methyl sites for hydroxylation is 1. The Labute approximate surface area is 107 Å². The maximum absolute atomic E-state index is 11.0. The van der Waals surface area contributed by atoms with Crippen LogP contribution in [0.1, 0.15) is 18.1 Å². The Balaban J connectivity index is 2.64. The lowest BCUT2D eigenvalue weighted by molar-refractivity contribution is -0.141. The lowest BCUT2D eigenvalue weighted by Gasteiger charge is -2.16. The lowest BCUT2D eigenvalue weighted by atomic mass is 10.1. The Bertz CT molecular complexity index is 387. The first-order chi connectivity index (χ1) is 8.56. The number of carboxylic acids is 1. The van der Waals surface area contributed by atoms with Crippen LogP contribution in [0.2, 0.25) is 0 Å². The van der Waals surface area contributed by atoms with Gasteiger partial charge in [0.15, 0.2) is 0 Å². The summed E-state index contributed by atoms with van der Waals surface area (Å²) in [4.78, 5) is 11.0. The van der Waals surface area contributed by atoms with Crippen LogP contribution in [0.15, 0.2) is 18.2 Å². The SMILES string of the molecule is CCOC[C@H](NCc1c(C)cccc1N)C(=O)O. The predicted molar refractivity (Wildman–Crippen MR) is 70.3 cm³/mol. The fraction of sp³-hybridized carbons (Fsp3) is 0.462. The van der Waals surface area contributed by atoms with Gasteiger partial charge in [0.1, 0.15) is 6.04 Å². The fourth-order valence-electron chi connectivity index (χ4n) is 1.64. The van der Waals surface area contributed by atoms with Gasteiger partial charge in [-0.15, -0.1) is 0 Å². The van der Waals surface area contributed by atoms with Crippen LogP contribution in [-0.4, -0.2) is 30.3 Å². The van der Waals surface area contributed by atoms with Crippen LogP contribution in [-0.2, 0) is 16.1 Å². The maximum atomic E-state index is 11.0. The van der Waals surface area contributed by atoms with E-state index in [0.717, 1.165) is 11.1 Å². The summed E-state index contributed by atoms with van der Waals surface area (Å²) in [5, 5.41) is 12.0. The number of nitrogens with one attached hydrogen (secondary N) is 1. The van der Waals surface area contributed by atoms with Gasteiger partial charge in [-0.25, -0.2) is 0 Å². The van der Waals surface area contributed by atoms with Crippen molar-refractivity contribution in [3.63, 3.8) is 0 Å². The molecule has 4 N–H and O–H groups in total. The first kappa shape index (κ1) is 14.5. The van der Waals surface area contributed by atoms with Gasteiger partial charge in [0.2, 0.25) is 0 Å². The number of benzene rings is 1. The number of rotatable bonds is 7. The summed E-state index contributed by atoms with van der Waals surface area (Å²) in [6, 6.07) is 4.92. The van der Waals surface area contributed by atoms with Gasteiger partial charge in [0, 0.05) is 18.8 Å². The third kappa shape index (κ3) is 4.01. The van der Waals surface area contributed by atoms with Gasteiger partial charge in [-0.3, -0.25) is 10.1 Å². The molecule has 0 aliphatic rings. The molecular formula is C13H20N2O3. The molecule has 0 unspecified atom stereocenters. The van der Waals surface area contributed by atoms with Gasteiger partial charge in [0.25, 0.3) is 0 Å². The van der Waals surface area contributed by atoms with Crippen molar-refractivity contribution < 1.29 is 14.6 Å². The first-order valence-corrected chi connectivity index (χ1v) is 5.94. The number of ether oxygens (including phenoxy) is 1. The molecule has 0 aliphatic heterocycles. The fourth-order valence-corrected chi connectivity index (χ4v) is 1.64. The number of carbonyl (C=O) groups is 1. The Morgan fingerprint density at radius 2 is 2.28 bits per heavy atom. The minimum absolute atomic E-state index is 0.150. The highest BCUT2D eigenvalue weighted by molar-refractivity contribution is 5.73. The average Bonchev–Trinajstić information content (AvgIpc) is 2.31. The molecule has 5 heteroatoms. The molecule has 5 nitrogen and oxygen atoms in total. The largest absolute Gasteiger partial charge is 0.480 e. The average molecular weight is 252 g/mol. The number of nitrogen functional groups attached to an aromatic ring is 1. The van der Waals surface area contributed by atoms with Crippen LogP contribution in [0.3, 0.4) is 0 Å². The van der Waals surface area contributed by atoms with Crippen LogP contribution >= 0.6 is 0 Å². The summed E-state index contributed by atoms with van der Waals surface area (Å²) in [6.07, 6.45) is 0. The van der Waals surface area contributed by atoms with Crippen molar-refractivity contribution in [2.45, 2.75) is 26.4 Å². The molecule has 1 rings (SSSR count). The van der Waals surface area contributed by atoms with E-state index in [1.54, 1.807) is 0 Å². The van der Waals surface area contributed by atoms with Gasteiger partial charge in [-0.05, 0) is 31.0 Å². The zero-order valence-corrected chi connectivity index (χ0v) is 10.8. The standard InChI is InChI=1S/C13H20N2O3/c1-3-18-8-12(13(16)17)15-7-10-9(2)5-4-6-11(10)14/h4-6,12,15H,3,7-8,14H2,1-2H3,(H,16,17)/t12-/m0/s1. The summed E-state index contributed by atoms with van der Waals surface area (Å²) < 4.78 is 5.13. The van der Waals surface area contributed by atoms with E-state index in [0.29, 0.717) is 18.8 Å². The van der Waals surface area contributed by atoms with Crippen LogP contribution in [0.5, 0.6) is 0 Å². The molecule has 1 aromatic rings. The summed E-state index contributed by atoms with van der Waals surface area (Å²) >= 11 is 0. The Hall–Kier alpha value is -1.59. The summed E-state index contributed by atoms with van der Waals surface area (Å²) in [5.74, 6) is -0.921. The van der Waals surface area contributed by atoms with Crippen molar-refractivity contribution in [3.05, 3.63) is 29.3 Å². The lowest BCUT2D eigenvalue weighted by Crippen LogP contribution is -2.40. The van der Waals surface area contributed by atoms with E-state index in [-0.39, 0.29) is 6.61 Å². The number of anilines is 1. The van der Waals surface area contributed by atoms with E-state index >= 15 is 0 Å². The molecule has 0 spiro atoms. The van der Waals surface area contributed by atoms with E-state index in [9.17, 15) is 4.79 Å². The molecule has 0 aliphatic carbocycles. The topological polar surface area (TPSA) is 84.6 Å². The molecule has 1 aromatic carbocycles. The highest BCUT2D eigenvalue weighted by Crippen LogP contribution is 2.15. The zero-order valence-electron chi connectivity index (χ0n) is 10.8. The normalized spacial score (nSPS) is 12.3. The molecule has 0 bridgehead atoms. The number of aliphatic carboxylic acids is 1. The third-order valence-corrected chi connectivity index (χ3v) is 2.76. The summed E-state index contributed by atoms with van der Waals surface area (Å²) in [6.45, 7) is 4.85. The highest BCUT2D eigenvalue weighted by atomic mass is 16.5. The molecule has 0 amide bonds. The minimum Gasteiger partial charge on any atom is -0.480 e. The number of nitrogens with two attached hydrogens (primary N) is 1. The molecular weight excluding hydrogens is 232 g/mol. The smallest absolute Gasteiger partial charge is 0.323 e. The van der Waals surface area contributed by atoms with Crippen molar-refractivity contribution >= 4 is 11.7 Å². The predicted octanol–water partition coefficient (Wildman–Crippen LogP) is 1.16. The molecule has 0 heterocycles. The Kier molecular flexibility index (Phi) is 5.61. The Morgan fingerprint density at radius 3 is 2.83 bits per heavy atom. The van der Waals surface area contributed by atoms with Crippen molar-refractivity contribution in [2.75, 3.05) is 18.9 Å². The molecule has 0 saturated carbocycles. The minimum atomic E-state index is -0.921. The first-order valence-electron chi connectivity index (χ1n) is 5.94. The van der Waals surface area contributed by atoms with Gasteiger partial charge < -0.3 is 15.6 Å². The second-order valence-corrected chi connectivity index (χ2v) is 4.07. The van der Waals surface area contributed by atoms with Crippen LogP contribution in [0.25, 0.3) is 0 Å². The monoisotopic (exact) mass is 252 g/mol. The summed E-state index contributed by atoms with van der Waals surface area (Å²) in [5.41, 5.74) is 8.51. The highest BCUT2D eigenvalue weighted by Gasteiger charge is 2.17. The van der Waals surface area contributed by atoms with Crippen molar-refractivity contribution in [1.82, 2.24) is 5.32 Å². The van der Waals surface area contributed by atoms with Crippen LogP contribution in [0, 0.1) is 6.92 Å².